The van der Waals surface area contributed by atoms with Crippen LogP contribution in [0.1, 0.15) is 46.5 Å². The first-order valence-electron chi connectivity index (χ1n) is 6.71. The molecule has 6 heteroatoms. The van der Waals surface area contributed by atoms with E-state index in [1.165, 1.54) is 0 Å². The molecule has 0 aliphatic carbocycles. The van der Waals surface area contributed by atoms with Crippen LogP contribution in [0.25, 0.3) is 0 Å². The zero-order chi connectivity index (χ0) is 14.8. The molecular weight excluding hydrogens is 248 g/mol. The van der Waals surface area contributed by atoms with Gasteiger partial charge in [0.15, 0.2) is 0 Å². The van der Waals surface area contributed by atoms with Gasteiger partial charge in [-0.25, -0.2) is 4.79 Å². The first-order valence-corrected chi connectivity index (χ1v) is 6.71. The number of rotatable bonds is 9. The van der Waals surface area contributed by atoms with Gasteiger partial charge in [-0.1, -0.05) is 20.3 Å². The van der Waals surface area contributed by atoms with E-state index in [1.807, 2.05) is 13.8 Å². The van der Waals surface area contributed by atoms with Gasteiger partial charge < -0.3 is 15.7 Å². The molecule has 0 rings (SSSR count). The maximum absolute atomic E-state index is 11.6. The maximum atomic E-state index is 11.6. The van der Waals surface area contributed by atoms with Crippen LogP contribution >= 0.6 is 0 Å². The van der Waals surface area contributed by atoms with E-state index in [4.69, 9.17) is 5.11 Å². The van der Waals surface area contributed by atoms with Crippen LogP contribution in [0.2, 0.25) is 0 Å². The molecule has 0 saturated heterocycles. The number of hydrogen-bond donors (Lipinski definition) is 3. The zero-order valence-electron chi connectivity index (χ0n) is 11.9. The van der Waals surface area contributed by atoms with Gasteiger partial charge in [-0.05, 0) is 19.3 Å². The van der Waals surface area contributed by atoms with Crippen molar-refractivity contribution in [2.45, 2.75) is 52.5 Å². The standard InChI is InChI=1S/C13H24N2O4/c1-4-9(3)12(13(18)19)15-11(17)8-6-7-10(16)14-5-2/h9,12H,4-8H2,1-3H3,(H,14,16)(H,15,17)(H,18,19)/t9-,12-/m0/s1. The second kappa shape index (κ2) is 9.35. The van der Waals surface area contributed by atoms with Gasteiger partial charge in [0.25, 0.3) is 0 Å². The third kappa shape index (κ3) is 7.43. The molecule has 19 heavy (non-hydrogen) atoms. The minimum Gasteiger partial charge on any atom is -0.480 e. The van der Waals surface area contributed by atoms with E-state index in [2.05, 4.69) is 10.6 Å². The van der Waals surface area contributed by atoms with E-state index in [0.717, 1.165) is 0 Å². The van der Waals surface area contributed by atoms with Crippen molar-refractivity contribution in [2.24, 2.45) is 5.92 Å². The highest BCUT2D eigenvalue weighted by Gasteiger charge is 2.24. The van der Waals surface area contributed by atoms with Crippen molar-refractivity contribution in [2.75, 3.05) is 6.54 Å². The quantitative estimate of drug-likeness (QED) is 0.581. The molecule has 2 amide bonds. The molecule has 0 bridgehead atoms. The number of carboxylic acids is 1. The van der Waals surface area contributed by atoms with Crippen LogP contribution in [0.4, 0.5) is 0 Å². The van der Waals surface area contributed by atoms with Gasteiger partial charge in [-0.3, -0.25) is 9.59 Å². The predicted molar refractivity (Wildman–Crippen MR) is 71.6 cm³/mol. The smallest absolute Gasteiger partial charge is 0.326 e. The van der Waals surface area contributed by atoms with Gasteiger partial charge in [0.2, 0.25) is 11.8 Å². The first-order chi connectivity index (χ1) is 8.92. The Balaban J connectivity index is 4.07. The Morgan fingerprint density at radius 1 is 1.11 bits per heavy atom. The number of carbonyl (C=O) groups excluding carboxylic acids is 2. The Bertz CT molecular complexity index is 318. The summed E-state index contributed by atoms with van der Waals surface area (Å²) in [7, 11) is 0. The van der Waals surface area contributed by atoms with Crippen molar-refractivity contribution < 1.29 is 19.5 Å². The predicted octanol–water partition coefficient (Wildman–Crippen LogP) is 0.908. The summed E-state index contributed by atoms with van der Waals surface area (Å²) in [5.74, 6) is -1.56. The van der Waals surface area contributed by atoms with Gasteiger partial charge >= 0.3 is 5.97 Å². The van der Waals surface area contributed by atoms with Crippen molar-refractivity contribution >= 4 is 17.8 Å². The fraction of sp³-hybridized carbons (Fsp3) is 0.769. The number of aliphatic carboxylic acids is 1. The van der Waals surface area contributed by atoms with E-state index in [0.29, 0.717) is 19.4 Å². The SMILES string of the molecule is CCNC(=O)CCCC(=O)N[C@H](C(=O)O)[C@@H](C)CC. The molecule has 3 N–H and O–H groups in total. The maximum Gasteiger partial charge on any atom is 0.326 e. The molecule has 6 nitrogen and oxygen atoms in total. The zero-order valence-corrected chi connectivity index (χ0v) is 11.9. The lowest BCUT2D eigenvalue weighted by atomic mass is 9.99. The average Bonchev–Trinajstić information content (AvgIpc) is 2.35. The lowest BCUT2D eigenvalue weighted by Gasteiger charge is -2.20. The summed E-state index contributed by atoms with van der Waals surface area (Å²) in [4.78, 5) is 33.8. The molecule has 2 atom stereocenters. The normalized spacial score (nSPS) is 13.4. The summed E-state index contributed by atoms with van der Waals surface area (Å²) in [6, 6.07) is -0.859. The highest BCUT2D eigenvalue weighted by atomic mass is 16.4. The van der Waals surface area contributed by atoms with Crippen LogP contribution in [0.5, 0.6) is 0 Å². The summed E-state index contributed by atoms with van der Waals surface area (Å²) in [6.45, 7) is 6.06. The third-order valence-electron chi connectivity index (χ3n) is 2.98. The Kier molecular flexibility index (Phi) is 8.57. The van der Waals surface area contributed by atoms with E-state index in [9.17, 15) is 14.4 Å². The Labute approximate surface area is 113 Å². The molecule has 0 saturated carbocycles. The molecule has 0 aromatic carbocycles. The largest absolute Gasteiger partial charge is 0.480 e. The molecule has 0 aliphatic heterocycles. The third-order valence-corrected chi connectivity index (χ3v) is 2.98. The molecule has 0 heterocycles. The van der Waals surface area contributed by atoms with E-state index >= 15 is 0 Å². The monoisotopic (exact) mass is 272 g/mol. The average molecular weight is 272 g/mol. The van der Waals surface area contributed by atoms with E-state index < -0.39 is 12.0 Å². The van der Waals surface area contributed by atoms with Crippen LogP contribution in [0.15, 0.2) is 0 Å². The number of nitrogens with one attached hydrogen (secondary N) is 2. The molecule has 0 aliphatic rings. The minimum absolute atomic E-state index is 0.0907. The van der Waals surface area contributed by atoms with Gasteiger partial charge in [0, 0.05) is 19.4 Å². The first kappa shape index (κ1) is 17.4. The van der Waals surface area contributed by atoms with Gasteiger partial charge in [-0.2, -0.15) is 0 Å². The van der Waals surface area contributed by atoms with Crippen LogP contribution in [-0.2, 0) is 14.4 Å². The van der Waals surface area contributed by atoms with Crippen LogP contribution < -0.4 is 10.6 Å². The van der Waals surface area contributed by atoms with Gasteiger partial charge in [0.05, 0.1) is 0 Å². The Morgan fingerprint density at radius 2 is 1.68 bits per heavy atom. The molecule has 0 aromatic rings. The number of hydrogen-bond acceptors (Lipinski definition) is 3. The molecular formula is C13H24N2O4. The summed E-state index contributed by atoms with van der Waals surface area (Å²) >= 11 is 0. The second-order valence-electron chi connectivity index (χ2n) is 4.58. The molecule has 0 radical (unpaired) electrons. The highest BCUT2D eigenvalue weighted by Crippen LogP contribution is 2.08. The minimum atomic E-state index is -1.02. The fourth-order valence-corrected chi connectivity index (χ4v) is 1.62. The summed E-state index contributed by atoms with van der Waals surface area (Å²) in [5.41, 5.74) is 0. The molecule has 0 spiro atoms. The van der Waals surface area contributed by atoms with Crippen LogP contribution in [-0.4, -0.2) is 35.5 Å². The highest BCUT2D eigenvalue weighted by molar-refractivity contribution is 5.84. The Hall–Kier alpha value is -1.59. The number of carboxylic acid groups (broad SMARTS) is 1. The van der Waals surface area contributed by atoms with Gasteiger partial charge in [0.1, 0.15) is 6.04 Å². The molecule has 0 aromatic heterocycles. The van der Waals surface area contributed by atoms with Gasteiger partial charge in [-0.15, -0.1) is 0 Å². The van der Waals surface area contributed by atoms with Crippen molar-refractivity contribution in [3.8, 4) is 0 Å². The topological polar surface area (TPSA) is 95.5 Å². The lowest BCUT2D eigenvalue weighted by molar-refractivity contribution is -0.143. The molecule has 0 fully saturated rings. The van der Waals surface area contributed by atoms with Crippen molar-refractivity contribution in [1.82, 2.24) is 10.6 Å². The van der Waals surface area contributed by atoms with Crippen LogP contribution in [0, 0.1) is 5.92 Å². The van der Waals surface area contributed by atoms with Crippen LogP contribution in [0.3, 0.4) is 0 Å². The second-order valence-corrected chi connectivity index (χ2v) is 4.58. The number of carbonyl (C=O) groups is 3. The van der Waals surface area contributed by atoms with E-state index in [1.54, 1.807) is 6.92 Å². The Morgan fingerprint density at radius 3 is 2.16 bits per heavy atom. The molecule has 0 unspecified atom stereocenters. The molecule has 110 valence electrons. The fourth-order valence-electron chi connectivity index (χ4n) is 1.62. The lowest BCUT2D eigenvalue weighted by Crippen LogP contribution is -2.45. The van der Waals surface area contributed by atoms with E-state index in [-0.39, 0.29) is 30.6 Å². The summed E-state index contributed by atoms with van der Waals surface area (Å²) in [5, 5.41) is 14.2. The summed E-state index contributed by atoms with van der Waals surface area (Å²) in [6.07, 6.45) is 1.54. The van der Waals surface area contributed by atoms with Crippen molar-refractivity contribution in [1.29, 1.82) is 0 Å². The summed E-state index contributed by atoms with van der Waals surface area (Å²) < 4.78 is 0. The van der Waals surface area contributed by atoms with Crippen molar-refractivity contribution in [3.63, 3.8) is 0 Å². The van der Waals surface area contributed by atoms with Crippen molar-refractivity contribution in [3.05, 3.63) is 0 Å². The number of amides is 2.